The first-order valence-electron chi connectivity index (χ1n) is 7.44. The molecule has 0 heterocycles. The topological polar surface area (TPSA) is 103 Å². The van der Waals surface area contributed by atoms with E-state index in [1.807, 2.05) is 6.92 Å². The Hall–Kier alpha value is -3.13. The molecule has 0 fully saturated rings. The van der Waals surface area contributed by atoms with Gasteiger partial charge in [0.05, 0.1) is 18.2 Å². The number of carbonyl (C=O) groups is 1. The molecule has 26 heavy (non-hydrogen) atoms. The number of methoxy groups -OCH3 is 1. The van der Waals surface area contributed by atoms with Crippen molar-refractivity contribution in [2.45, 2.75) is 6.92 Å². The van der Waals surface area contributed by atoms with Gasteiger partial charge in [0.2, 0.25) is 0 Å². The second-order valence-corrected chi connectivity index (χ2v) is 5.62. The van der Waals surface area contributed by atoms with Crippen LogP contribution in [0.5, 0.6) is 11.5 Å². The molecule has 2 rings (SSSR count). The number of benzene rings is 2. The Balaban J connectivity index is 1.92. The maximum absolute atomic E-state index is 11.8. The van der Waals surface area contributed by atoms with Crippen LogP contribution in [0.1, 0.15) is 11.1 Å². The summed E-state index contributed by atoms with van der Waals surface area (Å²) in [5, 5.41) is 15.3. The van der Waals surface area contributed by atoms with Crippen molar-refractivity contribution in [3.8, 4) is 11.5 Å². The molecular formula is C17H16ClN3O5. The molecule has 0 saturated carbocycles. The fraction of sp³-hybridized carbons (Fsp3) is 0.176. The molecule has 0 radical (unpaired) electrons. The molecular weight excluding hydrogens is 362 g/mol. The molecule has 136 valence electrons. The summed E-state index contributed by atoms with van der Waals surface area (Å²) < 4.78 is 10.3. The van der Waals surface area contributed by atoms with Gasteiger partial charge in [-0.15, -0.1) is 0 Å². The molecule has 0 aliphatic heterocycles. The van der Waals surface area contributed by atoms with Crippen molar-refractivity contribution in [1.82, 2.24) is 5.43 Å². The Morgan fingerprint density at radius 3 is 2.69 bits per heavy atom. The van der Waals surface area contributed by atoms with Crippen LogP contribution in [0.4, 0.5) is 5.69 Å². The van der Waals surface area contributed by atoms with Crippen molar-refractivity contribution < 1.29 is 19.2 Å². The number of hydrogen-bond donors (Lipinski definition) is 1. The number of halogens is 1. The minimum atomic E-state index is -0.558. The third-order valence-electron chi connectivity index (χ3n) is 3.30. The predicted octanol–water partition coefficient (Wildman–Crippen LogP) is 3.09. The molecule has 9 heteroatoms. The molecule has 2 aromatic rings. The number of hydrogen-bond acceptors (Lipinski definition) is 6. The van der Waals surface area contributed by atoms with E-state index >= 15 is 0 Å². The van der Waals surface area contributed by atoms with Gasteiger partial charge < -0.3 is 9.47 Å². The monoisotopic (exact) mass is 377 g/mol. The van der Waals surface area contributed by atoms with Gasteiger partial charge in [-0.3, -0.25) is 14.9 Å². The molecule has 0 spiro atoms. The lowest BCUT2D eigenvalue weighted by Gasteiger charge is -2.08. The van der Waals surface area contributed by atoms with Crippen molar-refractivity contribution in [2.24, 2.45) is 5.10 Å². The van der Waals surface area contributed by atoms with Gasteiger partial charge in [-0.1, -0.05) is 11.6 Å². The van der Waals surface area contributed by atoms with Gasteiger partial charge in [-0.25, -0.2) is 5.43 Å². The summed E-state index contributed by atoms with van der Waals surface area (Å²) >= 11 is 5.85. The quantitative estimate of drug-likeness (QED) is 0.453. The van der Waals surface area contributed by atoms with E-state index in [9.17, 15) is 14.9 Å². The largest absolute Gasteiger partial charge is 0.490 e. The summed E-state index contributed by atoms with van der Waals surface area (Å²) in [6, 6.07) is 9.38. The van der Waals surface area contributed by atoms with E-state index in [0.29, 0.717) is 16.3 Å². The lowest BCUT2D eigenvalue weighted by atomic mass is 10.2. The first kappa shape index (κ1) is 19.2. The molecule has 1 N–H and O–H groups in total. The van der Waals surface area contributed by atoms with Crippen molar-refractivity contribution in [2.75, 3.05) is 13.7 Å². The van der Waals surface area contributed by atoms with E-state index in [1.54, 1.807) is 24.3 Å². The van der Waals surface area contributed by atoms with E-state index in [1.165, 1.54) is 25.5 Å². The van der Waals surface area contributed by atoms with Gasteiger partial charge >= 0.3 is 5.69 Å². The highest BCUT2D eigenvalue weighted by Crippen LogP contribution is 2.26. The van der Waals surface area contributed by atoms with Gasteiger partial charge in [0.1, 0.15) is 5.75 Å². The zero-order valence-corrected chi connectivity index (χ0v) is 14.8. The maximum atomic E-state index is 11.8. The van der Waals surface area contributed by atoms with E-state index in [2.05, 4.69) is 10.5 Å². The highest BCUT2D eigenvalue weighted by Gasteiger charge is 2.14. The van der Waals surface area contributed by atoms with Crippen LogP contribution in [-0.4, -0.2) is 30.8 Å². The van der Waals surface area contributed by atoms with Crippen molar-refractivity contribution >= 4 is 29.4 Å². The number of nitrogens with one attached hydrogen (secondary N) is 1. The first-order valence-corrected chi connectivity index (χ1v) is 7.82. The van der Waals surface area contributed by atoms with Gasteiger partial charge in [-0.2, -0.15) is 5.10 Å². The fourth-order valence-corrected chi connectivity index (χ4v) is 2.29. The van der Waals surface area contributed by atoms with Gasteiger partial charge in [-0.05, 0) is 42.8 Å². The summed E-state index contributed by atoms with van der Waals surface area (Å²) in [7, 11) is 1.35. The fourth-order valence-electron chi connectivity index (χ4n) is 2.06. The van der Waals surface area contributed by atoms with Crippen LogP contribution in [0.15, 0.2) is 41.5 Å². The maximum Gasteiger partial charge on any atom is 0.311 e. The Morgan fingerprint density at radius 1 is 1.31 bits per heavy atom. The highest BCUT2D eigenvalue weighted by molar-refractivity contribution is 6.30. The summed E-state index contributed by atoms with van der Waals surface area (Å²) in [6.07, 6.45) is 1.29. The second-order valence-electron chi connectivity index (χ2n) is 5.18. The predicted molar refractivity (Wildman–Crippen MR) is 97.1 cm³/mol. The average molecular weight is 378 g/mol. The minimum absolute atomic E-state index is 0.142. The van der Waals surface area contributed by atoms with Crippen molar-refractivity contribution in [3.05, 3.63) is 62.7 Å². The third kappa shape index (κ3) is 5.18. The van der Waals surface area contributed by atoms with E-state index in [4.69, 9.17) is 21.1 Å². The Bertz CT molecular complexity index is 854. The van der Waals surface area contributed by atoms with E-state index < -0.39 is 10.8 Å². The van der Waals surface area contributed by atoms with Crippen LogP contribution in [-0.2, 0) is 4.79 Å². The molecule has 0 unspecified atom stereocenters. The van der Waals surface area contributed by atoms with Crippen molar-refractivity contribution in [1.29, 1.82) is 0 Å². The number of nitrogens with zero attached hydrogens (tertiary/aromatic N) is 2. The standard InChI is InChI=1S/C17H16ClN3O5/c1-11-7-13(18)4-6-15(11)26-10-17(22)20-19-9-12-3-5-16(25-2)14(8-12)21(23)24/h3-9H,10H2,1-2H3,(H,20,22)/b19-9+. The number of hydrazone groups is 1. The molecule has 0 saturated heterocycles. The minimum Gasteiger partial charge on any atom is -0.490 e. The molecule has 0 aromatic heterocycles. The zero-order valence-electron chi connectivity index (χ0n) is 14.1. The summed E-state index contributed by atoms with van der Waals surface area (Å²) in [5.74, 6) is 0.209. The van der Waals surface area contributed by atoms with Gasteiger partial charge in [0.25, 0.3) is 5.91 Å². The second kappa shape index (κ2) is 8.82. The zero-order chi connectivity index (χ0) is 19.1. The van der Waals surface area contributed by atoms with Crippen LogP contribution in [0.3, 0.4) is 0 Å². The summed E-state index contributed by atoms with van der Waals surface area (Å²) in [6.45, 7) is 1.58. The number of amides is 1. The Morgan fingerprint density at radius 2 is 2.04 bits per heavy atom. The molecule has 0 aliphatic carbocycles. The summed E-state index contributed by atoms with van der Waals surface area (Å²) in [5.41, 5.74) is 3.34. The Labute approximate surface area is 154 Å². The average Bonchev–Trinajstić information content (AvgIpc) is 2.60. The molecule has 1 amide bonds. The van der Waals surface area contributed by atoms with Crippen LogP contribution in [0.2, 0.25) is 5.02 Å². The van der Waals surface area contributed by atoms with Gasteiger partial charge in [0.15, 0.2) is 12.4 Å². The molecule has 0 aliphatic rings. The SMILES string of the molecule is COc1ccc(/C=N/NC(=O)COc2ccc(Cl)cc2C)cc1[N+](=O)[O-]. The van der Waals surface area contributed by atoms with E-state index in [-0.39, 0.29) is 18.0 Å². The number of carbonyl (C=O) groups excluding carboxylic acids is 1. The number of nitro groups is 1. The number of ether oxygens (including phenoxy) is 2. The Kier molecular flexibility index (Phi) is 6.51. The normalized spacial score (nSPS) is 10.6. The third-order valence-corrected chi connectivity index (χ3v) is 3.53. The number of aryl methyl sites for hydroxylation is 1. The lowest BCUT2D eigenvalue weighted by Crippen LogP contribution is -2.24. The molecule has 2 aromatic carbocycles. The summed E-state index contributed by atoms with van der Waals surface area (Å²) in [4.78, 5) is 22.2. The molecule has 8 nitrogen and oxygen atoms in total. The molecule has 0 bridgehead atoms. The van der Waals surface area contributed by atoms with Crippen LogP contribution in [0.25, 0.3) is 0 Å². The van der Waals surface area contributed by atoms with Crippen molar-refractivity contribution in [3.63, 3.8) is 0 Å². The lowest BCUT2D eigenvalue weighted by molar-refractivity contribution is -0.385. The van der Waals surface area contributed by atoms with Crippen LogP contribution >= 0.6 is 11.6 Å². The molecule has 0 atom stereocenters. The van der Waals surface area contributed by atoms with Crippen LogP contribution in [0, 0.1) is 17.0 Å². The van der Waals surface area contributed by atoms with Crippen LogP contribution < -0.4 is 14.9 Å². The number of rotatable bonds is 7. The first-order chi connectivity index (χ1) is 12.4. The van der Waals surface area contributed by atoms with E-state index in [0.717, 1.165) is 5.56 Å². The highest BCUT2D eigenvalue weighted by atomic mass is 35.5. The smallest absolute Gasteiger partial charge is 0.311 e. The number of nitro benzene ring substituents is 1. The van der Waals surface area contributed by atoms with Gasteiger partial charge in [0, 0.05) is 16.7 Å².